The highest BCUT2D eigenvalue weighted by Gasteiger charge is 2.68. The highest BCUT2D eigenvalue weighted by molar-refractivity contribution is 5.76. The smallest absolute Gasteiger partial charge is 0.312 e. The van der Waals surface area contributed by atoms with Crippen molar-refractivity contribution in [1.29, 1.82) is 0 Å². The van der Waals surface area contributed by atoms with E-state index in [2.05, 4.69) is 23.5 Å². The molecule has 0 spiro atoms. The van der Waals surface area contributed by atoms with Gasteiger partial charge in [0.15, 0.2) is 5.65 Å². The molecule has 5 rings (SSSR count). The Bertz CT molecular complexity index is 1160. The van der Waals surface area contributed by atoms with E-state index in [0.29, 0.717) is 11.2 Å². The predicted octanol–water partition coefficient (Wildman–Crippen LogP) is 3.09. The van der Waals surface area contributed by atoms with Crippen molar-refractivity contribution in [1.82, 2.24) is 19.4 Å². The number of benzene rings is 1. The van der Waals surface area contributed by atoms with Crippen molar-refractivity contribution < 1.29 is 8.78 Å². The Kier molecular flexibility index (Phi) is 3.59. The summed E-state index contributed by atoms with van der Waals surface area (Å²) in [4.78, 5) is 17.4. The first-order valence-electron chi connectivity index (χ1n) is 9.56. The minimum atomic E-state index is -2.71. The van der Waals surface area contributed by atoms with E-state index < -0.39 is 11.3 Å². The van der Waals surface area contributed by atoms with E-state index in [1.807, 2.05) is 12.1 Å². The van der Waals surface area contributed by atoms with Crippen LogP contribution in [0.1, 0.15) is 24.5 Å². The van der Waals surface area contributed by atoms with Crippen LogP contribution >= 0.6 is 0 Å². The minimum absolute atomic E-state index is 0.00170. The predicted molar refractivity (Wildman–Crippen MR) is 103 cm³/mol. The molecule has 1 atom stereocenters. The van der Waals surface area contributed by atoms with E-state index in [-0.39, 0.29) is 18.7 Å². The first-order chi connectivity index (χ1) is 13.3. The van der Waals surface area contributed by atoms with E-state index >= 15 is 0 Å². The molecule has 1 unspecified atom stereocenters. The van der Waals surface area contributed by atoms with Gasteiger partial charge in [-0.1, -0.05) is 19.1 Å². The Morgan fingerprint density at radius 1 is 1.21 bits per heavy atom. The first kappa shape index (κ1) is 17.6. The van der Waals surface area contributed by atoms with Gasteiger partial charge >= 0.3 is 5.69 Å². The summed E-state index contributed by atoms with van der Waals surface area (Å²) < 4.78 is 30.3. The molecule has 1 fully saturated rings. The molecule has 7 heteroatoms. The molecule has 3 heterocycles. The zero-order chi connectivity index (χ0) is 19.7. The third kappa shape index (κ3) is 2.53. The minimum Gasteiger partial charge on any atom is -0.312 e. The Balaban J connectivity index is 1.57. The lowest BCUT2D eigenvalue weighted by atomic mass is 9.97. The summed E-state index contributed by atoms with van der Waals surface area (Å²) in [6.45, 7) is 3.36. The van der Waals surface area contributed by atoms with Gasteiger partial charge in [0, 0.05) is 32.1 Å². The van der Waals surface area contributed by atoms with Gasteiger partial charge in [0.2, 0.25) is 0 Å². The van der Waals surface area contributed by atoms with Gasteiger partial charge in [-0.2, -0.15) is 0 Å². The van der Waals surface area contributed by atoms with Gasteiger partial charge in [-0.25, -0.2) is 18.6 Å². The number of halogens is 2. The molecule has 2 aromatic heterocycles. The van der Waals surface area contributed by atoms with Crippen LogP contribution in [0.25, 0.3) is 22.4 Å². The van der Waals surface area contributed by atoms with E-state index in [4.69, 9.17) is 4.98 Å². The lowest BCUT2D eigenvalue weighted by Crippen LogP contribution is -2.27. The summed E-state index contributed by atoms with van der Waals surface area (Å²) in [5, 5.41) is 3.37. The summed E-state index contributed by atoms with van der Waals surface area (Å²) in [6.07, 6.45) is 0.834. The fraction of sp³-hybridized carbons (Fsp3) is 0.429. The van der Waals surface area contributed by atoms with Gasteiger partial charge in [-0.15, -0.1) is 0 Å². The molecule has 3 aromatic rings. The quantitative estimate of drug-likeness (QED) is 0.755. The number of aromatic nitrogens is 3. The third-order valence-electron chi connectivity index (χ3n) is 6.25. The van der Waals surface area contributed by atoms with Gasteiger partial charge in [0.1, 0.15) is 0 Å². The number of alkyl halides is 2. The molecule has 0 bridgehead atoms. The van der Waals surface area contributed by atoms with Gasteiger partial charge in [0.05, 0.1) is 16.6 Å². The van der Waals surface area contributed by atoms with Crippen molar-refractivity contribution in [2.75, 3.05) is 6.54 Å². The van der Waals surface area contributed by atoms with E-state index in [1.54, 1.807) is 7.05 Å². The van der Waals surface area contributed by atoms with E-state index in [9.17, 15) is 13.6 Å². The molecule has 1 aromatic carbocycles. The van der Waals surface area contributed by atoms with Crippen LogP contribution in [0.3, 0.4) is 0 Å². The molecule has 1 saturated carbocycles. The monoisotopic (exact) mass is 384 g/mol. The number of fused-ring (bicyclic) bond motifs is 2. The number of pyridine rings is 1. The topological polar surface area (TPSA) is 51.9 Å². The zero-order valence-corrected chi connectivity index (χ0v) is 15.9. The molecule has 0 amide bonds. The molecular weight excluding hydrogens is 362 g/mol. The molecule has 5 nitrogen and oxygen atoms in total. The van der Waals surface area contributed by atoms with Gasteiger partial charge in [0.25, 0.3) is 5.92 Å². The van der Waals surface area contributed by atoms with Crippen LogP contribution in [-0.2, 0) is 26.6 Å². The first-order valence-corrected chi connectivity index (χ1v) is 9.56. The normalized spacial score (nSPS) is 23.0. The number of nitrogens with zero attached hydrogens (tertiary/aromatic N) is 3. The maximum atomic E-state index is 13.7. The summed E-state index contributed by atoms with van der Waals surface area (Å²) in [5.74, 6) is -2.71. The highest BCUT2D eigenvalue weighted by Crippen LogP contribution is 2.61. The van der Waals surface area contributed by atoms with Crippen LogP contribution in [0.15, 0.2) is 35.1 Å². The number of rotatable bonds is 3. The molecule has 0 saturated heterocycles. The number of nitrogens with one attached hydrogen (secondary N) is 1. The van der Waals surface area contributed by atoms with Crippen molar-refractivity contribution in [3.05, 3.63) is 51.9 Å². The Labute approximate surface area is 161 Å². The second-order valence-corrected chi connectivity index (χ2v) is 8.32. The Morgan fingerprint density at radius 2 is 2.00 bits per heavy atom. The van der Waals surface area contributed by atoms with Crippen molar-refractivity contribution in [2.24, 2.45) is 12.5 Å². The van der Waals surface area contributed by atoms with Crippen molar-refractivity contribution in [3.63, 3.8) is 0 Å². The lowest BCUT2D eigenvalue weighted by molar-refractivity contribution is 0.0637. The standard InChI is InChI=1S/C21H22F2N4O/c1-20(11-21(20,22)23)12-27-17-6-5-16(25-18(17)26(2)19(27)28)14-4-3-13-7-8-24-10-15(13)9-14/h3-6,9,24H,7-8,10-12H2,1-2H3. The fourth-order valence-corrected chi connectivity index (χ4v) is 4.19. The van der Waals surface area contributed by atoms with Crippen molar-refractivity contribution >= 4 is 11.2 Å². The second kappa shape index (κ2) is 5.73. The van der Waals surface area contributed by atoms with Crippen LogP contribution in [0.5, 0.6) is 0 Å². The second-order valence-electron chi connectivity index (χ2n) is 8.32. The van der Waals surface area contributed by atoms with E-state index in [1.165, 1.54) is 27.2 Å². The zero-order valence-electron chi connectivity index (χ0n) is 15.9. The average Bonchev–Trinajstić information content (AvgIpc) is 3.11. The number of imidazole rings is 1. The van der Waals surface area contributed by atoms with Crippen LogP contribution < -0.4 is 11.0 Å². The van der Waals surface area contributed by atoms with Gasteiger partial charge in [-0.3, -0.25) is 9.13 Å². The molecule has 2 aliphatic rings. The number of hydrogen-bond acceptors (Lipinski definition) is 3. The van der Waals surface area contributed by atoms with Crippen LogP contribution in [0.2, 0.25) is 0 Å². The molecule has 0 radical (unpaired) electrons. The summed E-state index contributed by atoms with van der Waals surface area (Å²) in [5.41, 5.74) is 4.03. The summed E-state index contributed by atoms with van der Waals surface area (Å²) in [7, 11) is 1.64. The van der Waals surface area contributed by atoms with Crippen LogP contribution in [0.4, 0.5) is 8.78 Å². The molecule has 146 valence electrons. The molecule has 1 aliphatic carbocycles. The Morgan fingerprint density at radius 3 is 2.75 bits per heavy atom. The summed E-state index contributed by atoms with van der Waals surface area (Å²) >= 11 is 0. The molecule has 1 N–H and O–H groups in total. The van der Waals surface area contributed by atoms with Crippen LogP contribution in [-0.4, -0.2) is 26.6 Å². The highest BCUT2D eigenvalue weighted by atomic mass is 19.3. The SMILES string of the molecule is Cn1c(=O)n(CC2(C)CC2(F)F)c2ccc(-c3ccc4c(c3)CNCC4)nc21. The van der Waals surface area contributed by atoms with Gasteiger partial charge in [-0.05, 0) is 42.3 Å². The van der Waals surface area contributed by atoms with Crippen molar-refractivity contribution in [2.45, 2.75) is 38.8 Å². The number of hydrogen-bond donors (Lipinski definition) is 1. The number of aryl methyl sites for hydroxylation is 1. The molecule has 1 aliphatic heterocycles. The van der Waals surface area contributed by atoms with E-state index in [0.717, 1.165) is 30.8 Å². The van der Waals surface area contributed by atoms with Crippen LogP contribution in [0, 0.1) is 5.41 Å². The maximum absolute atomic E-state index is 13.7. The largest absolute Gasteiger partial charge is 0.330 e. The van der Waals surface area contributed by atoms with Gasteiger partial charge < -0.3 is 5.32 Å². The summed E-state index contributed by atoms with van der Waals surface area (Å²) in [6, 6.07) is 10.0. The third-order valence-corrected chi connectivity index (χ3v) is 6.25. The maximum Gasteiger partial charge on any atom is 0.330 e. The average molecular weight is 384 g/mol. The molecule has 28 heavy (non-hydrogen) atoms. The molecular formula is C21H22F2N4O. The Hall–Kier alpha value is -2.54. The fourth-order valence-electron chi connectivity index (χ4n) is 4.19. The lowest BCUT2D eigenvalue weighted by Gasteiger charge is -2.17. The van der Waals surface area contributed by atoms with Crippen molar-refractivity contribution in [3.8, 4) is 11.3 Å².